The summed E-state index contributed by atoms with van der Waals surface area (Å²) in [5, 5.41) is 30.6. The van der Waals surface area contributed by atoms with Crippen molar-refractivity contribution in [2.24, 2.45) is 0 Å². The number of nitriles is 1. The van der Waals surface area contributed by atoms with Crippen molar-refractivity contribution in [2.75, 3.05) is 12.4 Å². The molecule has 0 saturated heterocycles. The smallest absolute Gasteiger partial charge is 0.335 e. The molecule has 3 N–H and O–H groups in total. The number of carbonyl (C=O) groups excluding carboxylic acids is 1. The molecule has 172 valence electrons. The molecule has 9 heteroatoms. The number of phenols is 1. The van der Waals surface area contributed by atoms with Crippen molar-refractivity contribution in [1.82, 2.24) is 0 Å². The number of nitrogens with zero attached hydrogens (tertiary/aromatic N) is 1. The fraction of sp³-hybridized carbons (Fsp3) is 0.0800. The second-order valence-corrected chi connectivity index (χ2v) is 8.16. The van der Waals surface area contributed by atoms with Crippen molar-refractivity contribution < 1.29 is 29.3 Å². The van der Waals surface area contributed by atoms with E-state index < -0.39 is 11.9 Å². The number of ether oxygens (including phenoxy) is 2. The second-order valence-electron chi connectivity index (χ2n) is 7.00. The summed E-state index contributed by atoms with van der Waals surface area (Å²) in [5.41, 5.74) is 1.72. The number of benzene rings is 3. The van der Waals surface area contributed by atoms with Gasteiger partial charge < -0.3 is 25.0 Å². The average Bonchev–Trinajstić information content (AvgIpc) is 2.83. The maximum absolute atomic E-state index is 12.5. The molecule has 0 spiro atoms. The molecule has 3 aromatic carbocycles. The zero-order valence-corrected chi connectivity index (χ0v) is 20.1. The maximum Gasteiger partial charge on any atom is 0.335 e. The van der Waals surface area contributed by atoms with Gasteiger partial charge in [-0.2, -0.15) is 5.26 Å². The Morgan fingerprint density at radius 3 is 2.53 bits per heavy atom. The molecule has 0 aliphatic heterocycles. The van der Waals surface area contributed by atoms with Gasteiger partial charge in [-0.15, -0.1) is 0 Å². The van der Waals surface area contributed by atoms with Crippen LogP contribution in [0.25, 0.3) is 6.08 Å². The summed E-state index contributed by atoms with van der Waals surface area (Å²) >= 11 is 2.06. The molecule has 0 fully saturated rings. The number of carboxylic acids is 1. The molecule has 0 aliphatic carbocycles. The van der Waals surface area contributed by atoms with Crippen molar-refractivity contribution in [3.05, 3.63) is 86.5 Å². The third-order valence-corrected chi connectivity index (χ3v) is 5.41. The maximum atomic E-state index is 12.5. The van der Waals surface area contributed by atoms with Gasteiger partial charge in [-0.25, -0.2) is 4.79 Å². The van der Waals surface area contributed by atoms with Crippen LogP contribution < -0.4 is 14.8 Å². The van der Waals surface area contributed by atoms with E-state index in [2.05, 4.69) is 27.9 Å². The highest BCUT2D eigenvalue weighted by atomic mass is 127. The predicted molar refractivity (Wildman–Crippen MR) is 134 cm³/mol. The van der Waals surface area contributed by atoms with Crippen LogP contribution in [0, 0.1) is 14.9 Å². The standard InChI is InChI=1S/C25H19IN2O6/c1-33-22-12-16(10-18(13-27)24(30)28-19-5-7-20(29)8-6-19)11-21(26)23(22)34-14-15-3-2-4-17(9-15)25(31)32/h2-12,29H,14H2,1H3,(H,28,30)(H,31,32)/b18-10-. The fourth-order valence-electron chi connectivity index (χ4n) is 2.97. The van der Waals surface area contributed by atoms with Gasteiger partial charge in [0.25, 0.3) is 5.91 Å². The number of amides is 1. The van der Waals surface area contributed by atoms with E-state index in [9.17, 15) is 20.0 Å². The molecule has 0 unspecified atom stereocenters. The Morgan fingerprint density at radius 1 is 1.15 bits per heavy atom. The Hall–Kier alpha value is -4.04. The van der Waals surface area contributed by atoms with Gasteiger partial charge in [-0.1, -0.05) is 12.1 Å². The normalized spacial score (nSPS) is 10.8. The minimum Gasteiger partial charge on any atom is -0.508 e. The molecule has 3 rings (SSSR count). The first-order valence-electron chi connectivity index (χ1n) is 9.85. The van der Waals surface area contributed by atoms with E-state index >= 15 is 0 Å². The molecular weight excluding hydrogens is 551 g/mol. The minimum atomic E-state index is -1.02. The van der Waals surface area contributed by atoms with Gasteiger partial charge in [0, 0.05) is 5.69 Å². The van der Waals surface area contributed by atoms with Gasteiger partial charge in [-0.05, 0) is 88.3 Å². The average molecular weight is 570 g/mol. The van der Waals surface area contributed by atoms with Crippen molar-refractivity contribution in [2.45, 2.75) is 6.61 Å². The molecule has 1 amide bonds. The number of carbonyl (C=O) groups is 2. The summed E-state index contributed by atoms with van der Waals surface area (Å²) in [6.07, 6.45) is 1.43. The Bertz CT molecular complexity index is 1300. The first-order chi connectivity index (χ1) is 16.3. The number of aromatic carboxylic acids is 1. The van der Waals surface area contributed by atoms with E-state index in [0.29, 0.717) is 31.9 Å². The lowest BCUT2D eigenvalue weighted by atomic mass is 10.1. The summed E-state index contributed by atoms with van der Waals surface area (Å²) in [4.78, 5) is 23.7. The third-order valence-electron chi connectivity index (χ3n) is 4.61. The summed E-state index contributed by atoms with van der Waals surface area (Å²) < 4.78 is 12.0. The summed E-state index contributed by atoms with van der Waals surface area (Å²) in [5.74, 6) is -0.710. The van der Waals surface area contributed by atoms with Crippen LogP contribution in [-0.2, 0) is 11.4 Å². The third kappa shape index (κ3) is 6.26. The number of methoxy groups -OCH3 is 1. The van der Waals surface area contributed by atoms with Crippen LogP contribution in [0.1, 0.15) is 21.5 Å². The van der Waals surface area contributed by atoms with E-state index in [1.165, 1.54) is 49.6 Å². The van der Waals surface area contributed by atoms with E-state index in [4.69, 9.17) is 14.6 Å². The number of phenolic OH excluding ortho intramolecular Hbond substituents is 1. The van der Waals surface area contributed by atoms with Gasteiger partial charge in [0.2, 0.25) is 0 Å². The fourth-order valence-corrected chi connectivity index (χ4v) is 3.75. The highest BCUT2D eigenvalue weighted by Gasteiger charge is 2.15. The van der Waals surface area contributed by atoms with Gasteiger partial charge in [0.15, 0.2) is 11.5 Å². The summed E-state index contributed by atoms with van der Waals surface area (Å²) in [6.45, 7) is 0.126. The zero-order chi connectivity index (χ0) is 24.7. The van der Waals surface area contributed by atoms with E-state index in [0.717, 1.165) is 0 Å². The van der Waals surface area contributed by atoms with Gasteiger partial charge >= 0.3 is 5.97 Å². The van der Waals surface area contributed by atoms with E-state index in [1.54, 1.807) is 24.3 Å². The monoisotopic (exact) mass is 570 g/mol. The van der Waals surface area contributed by atoms with Crippen molar-refractivity contribution in [3.8, 4) is 23.3 Å². The Balaban J connectivity index is 1.81. The molecular formula is C25H19IN2O6. The molecule has 0 bridgehead atoms. The van der Waals surface area contributed by atoms with Crippen LogP contribution in [0.15, 0.2) is 66.2 Å². The predicted octanol–water partition coefficient (Wildman–Crippen LogP) is 4.83. The Kier molecular flexibility index (Phi) is 8.10. The zero-order valence-electron chi connectivity index (χ0n) is 17.9. The highest BCUT2D eigenvalue weighted by molar-refractivity contribution is 14.1. The second kappa shape index (κ2) is 11.2. The molecule has 3 aromatic rings. The van der Waals surface area contributed by atoms with Crippen LogP contribution in [0.4, 0.5) is 5.69 Å². The molecule has 0 aliphatic rings. The van der Waals surface area contributed by atoms with E-state index in [-0.39, 0.29) is 23.5 Å². The number of hydrogen-bond donors (Lipinski definition) is 3. The lowest BCUT2D eigenvalue weighted by molar-refractivity contribution is -0.112. The Labute approximate surface area is 209 Å². The number of nitrogens with one attached hydrogen (secondary N) is 1. The van der Waals surface area contributed by atoms with E-state index in [1.807, 2.05) is 6.07 Å². The molecule has 8 nitrogen and oxygen atoms in total. The lowest BCUT2D eigenvalue weighted by Gasteiger charge is -2.14. The minimum absolute atomic E-state index is 0.0626. The number of rotatable bonds is 8. The van der Waals surface area contributed by atoms with Gasteiger partial charge in [0.05, 0.1) is 16.2 Å². The quantitative estimate of drug-likeness (QED) is 0.153. The topological polar surface area (TPSA) is 129 Å². The molecule has 0 atom stereocenters. The van der Waals surface area contributed by atoms with Crippen LogP contribution in [0.5, 0.6) is 17.2 Å². The van der Waals surface area contributed by atoms with Crippen molar-refractivity contribution in [1.29, 1.82) is 5.26 Å². The largest absolute Gasteiger partial charge is 0.508 e. The number of halogens is 1. The van der Waals surface area contributed by atoms with Gasteiger partial charge in [-0.3, -0.25) is 4.79 Å². The lowest BCUT2D eigenvalue weighted by Crippen LogP contribution is -2.13. The summed E-state index contributed by atoms with van der Waals surface area (Å²) in [6, 6.07) is 17.6. The van der Waals surface area contributed by atoms with Crippen LogP contribution in [0.3, 0.4) is 0 Å². The molecule has 0 aromatic heterocycles. The van der Waals surface area contributed by atoms with Crippen LogP contribution >= 0.6 is 22.6 Å². The Morgan fingerprint density at radius 2 is 1.88 bits per heavy atom. The molecule has 34 heavy (non-hydrogen) atoms. The first kappa shape index (κ1) is 24.6. The number of aromatic hydroxyl groups is 1. The van der Waals surface area contributed by atoms with Gasteiger partial charge in [0.1, 0.15) is 24.0 Å². The van der Waals surface area contributed by atoms with Crippen molar-refractivity contribution >= 4 is 46.2 Å². The SMILES string of the molecule is COc1cc(/C=C(/C#N)C(=O)Nc2ccc(O)cc2)cc(I)c1OCc1cccc(C(=O)O)c1. The van der Waals surface area contributed by atoms with Crippen molar-refractivity contribution in [3.63, 3.8) is 0 Å². The summed E-state index contributed by atoms with van der Waals surface area (Å²) in [7, 11) is 1.47. The molecule has 0 saturated carbocycles. The van der Waals surface area contributed by atoms with Crippen LogP contribution in [0.2, 0.25) is 0 Å². The molecule has 0 heterocycles. The number of hydrogen-bond acceptors (Lipinski definition) is 6. The van der Waals surface area contributed by atoms with Crippen LogP contribution in [-0.4, -0.2) is 29.2 Å². The molecule has 0 radical (unpaired) electrons. The first-order valence-corrected chi connectivity index (χ1v) is 10.9. The number of anilines is 1. The highest BCUT2D eigenvalue weighted by Crippen LogP contribution is 2.35. The number of carboxylic acid groups (broad SMARTS) is 1.